The molecule has 0 amide bonds. The summed E-state index contributed by atoms with van der Waals surface area (Å²) in [5.74, 6) is -0.110. The Morgan fingerprint density at radius 3 is 1.14 bits per heavy atom. The van der Waals surface area contributed by atoms with E-state index in [1.165, 1.54) is 64.2 Å². The Hall–Kier alpha value is -1.06. The fourth-order valence-electron chi connectivity index (χ4n) is 4.50. The minimum atomic E-state index is -0.0549. The molecule has 0 aromatic carbocycles. The number of hydrogen-bond donors (Lipinski definition) is 0. The van der Waals surface area contributed by atoms with Crippen molar-refractivity contribution in [3.05, 3.63) is 0 Å². The largest absolute Gasteiger partial charge is 0.465 e. The van der Waals surface area contributed by atoms with Crippen molar-refractivity contribution in [3.63, 3.8) is 0 Å². The molecule has 4 heteroatoms. The average Bonchev–Trinajstić information content (AvgIpc) is 2.83. The highest BCUT2D eigenvalue weighted by Crippen LogP contribution is 2.26. The molecule has 0 atom stereocenters. The van der Waals surface area contributed by atoms with Gasteiger partial charge in [-0.3, -0.25) is 9.59 Å². The molecule has 0 radical (unpaired) electrons. The van der Waals surface area contributed by atoms with Crippen LogP contribution in [0.2, 0.25) is 0 Å². The lowest BCUT2D eigenvalue weighted by Gasteiger charge is -2.24. The molecule has 0 aliphatic rings. The summed E-state index contributed by atoms with van der Waals surface area (Å²) in [5.41, 5.74) is 0.153. The van der Waals surface area contributed by atoms with Gasteiger partial charge in [-0.2, -0.15) is 0 Å². The number of rotatable bonds is 25. The van der Waals surface area contributed by atoms with Crippen LogP contribution in [0.15, 0.2) is 0 Å². The van der Waals surface area contributed by atoms with Crippen molar-refractivity contribution in [2.45, 2.75) is 170 Å². The summed E-state index contributed by atoms with van der Waals surface area (Å²) in [5, 5.41) is 0. The van der Waals surface area contributed by atoms with Crippen LogP contribution >= 0.6 is 0 Å². The molecule has 0 saturated heterocycles. The Balaban J connectivity index is 3.65. The molecule has 0 unspecified atom stereocenters. The number of unbranched alkanes of at least 4 members (excludes halogenated alkanes) is 13. The second-order valence-corrected chi connectivity index (χ2v) is 12.6. The van der Waals surface area contributed by atoms with Crippen LogP contribution in [0.1, 0.15) is 170 Å². The van der Waals surface area contributed by atoms with E-state index in [4.69, 9.17) is 9.47 Å². The zero-order chi connectivity index (χ0) is 27.1. The third kappa shape index (κ3) is 23.3. The fourth-order valence-corrected chi connectivity index (χ4v) is 4.50. The molecule has 0 rings (SSSR count). The Morgan fingerprint density at radius 2 is 0.778 bits per heavy atom. The quantitative estimate of drug-likeness (QED) is 0.0905. The van der Waals surface area contributed by atoms with E-state index in [1.807, 2.05) is 0 Å². The molecule has 0 aromatic rings. The van der Waals surface area contributed by atoms with Gasteiger partial charge in [-0.15, -0.1) is 0 Å². The predicted molar refractivity (Wildman–Crippen MR) is 153 cm³/mol. The first kappa shape index (κ1) is 34.9. The lowest BCUT2D eigenvalue weighted by Crippen LogP contribution is -2.22. The van der Waals surface area contributed by atoms with Crippen LogP contribution in [0.5, 0.6) is 0 Å². The van der Waals surface area contributed by atoms with Crippen LogP contribution in [-0.2, 0) is 19.1 Å². The van der Waals surface area contributed by atoms with Crippen LogP contribution in [0.3, 0.4) is 0 Å². The Bertz CT molecular complexity index is 490. The van der Waals surface area contributed by atoms with Crippen molar-refractivity contribution in [2.24, 2.45) is 10.8 Å². The van der Waals surface area contributed by atoms with Crippen LogP contribution < -0.4 is 0 Å². The molecule has 0 fully saturated rings. The van der Waals surface area contributed by atoms with E-state index in [2.05, 4.69) is 41.5 Å². The normalized spacial score (nSPS) is 12.1. The van der Waals surface area contributed by atoms with Gasteiger partial charge >= 0.3 is 11.9 Å². The molecule has 4 nitrogen and oxygen atoms in total. The van der Waals surface area contributed by atoms with Crippen LogP contribution in [0, 0.1) is 10.8 Å². The number of carbonyl (C=O) groups is 2. The van der Waals surface area contributed by atoms with Crippen molar-refractivity contribution >= 4 is 11.9 Å². The van der Waals surface area contributed by atoms with Gasteiger partial charge in [-0.25, -0.2) is 0 Å². The van der Waals surface area contributed by atoms with Crippen molar-refractivity contribution in [3.8, 4) is 0 Å². The molecule has 36 heavy (non-hydrogen) atoms. The zero-order valence-electron chi connectivity index (χ0n) is 25.2. The van der Waals surface area contributed by atoms with Crippen molar-refractivity contribution < 1.29 is 19.1 Å². The molecule has 0 aliphatic heterocycles. The van der Waals surface area contributed by atoms with Gasteiger partial charge in [0.15, 0.2) is 0 Å². The van der Waals surface area contributed by atoms with Gasteiger partial charge in [0.2, 0.25) is 0 Å². The highest BCUT2D eigenvalue weighted by molar-refractivity contribution is 5.69. The summed E-state index contributed by atoms with van der Waals surface area (Å²) in [6, 6.07) is 0. The Kier molecular flexibility index (Phi) is 21.3. The van der Waals surface area contributed by atoms with Crippen molar-refractivity contribution in [1.29, 1.82) is 0 Å². The van der Waals surface area contributed by atoms with Crippen molar-refractivity contribution in [1.82, 2.24) is 0 Å². The molecule has 0 N–H and O–H groups in total. The lowest BCUT2D eigenvalue weighted by molar-refractivity contribution is -0.147. The SMILES string of the molecule is CCCCCCCC(C)(C)COC(=O)CCCCCCCCC(=O)OCC(C)(C)CCCCCCC. The van der Waals surface area contributed by atoms with Gasteiger partial charge in [0, 0.05) is 12.8 Å². The maximum Gasteiger partial charge on any atom is 0.305 e. The number of ether oxygens (including phenoxy) is 2. The minimum Gasteiger partial charge on any atom is -0.465 e. The fraction of sp³-hybridized carbons (Fsp3) is 0.938. The van der Waals surface area contributed by atoms with E-state index in [1.54, 1.807) is 0 Å². The summed E-state index contributed by atoms with van der Waals surface area (Å²) < 4.78 is 11.1. The summed E-state index contributed by atoms with van der Waals surface area (Å²) in [6.45, 7) is 14.3. The van der Waals surface area contributed by atoms with Crippen LogP contribution in [-0.4, -0.2) is 25.2 Å². The minimum absolute atomic E-state index is 0.0549. The monoisotopic (exact) mass is 510 g/mol. The topological polar surface area (TPSA) is 52.6 Å². The van der Waals surface area contributed by atoms with Gasteiger partial charge < -0.3 is 9.47 Å². The molecule has 214 valence electrons. The van der Waals surface area contributed by atoms with Crippen molar-refractivity contribution in [2.75, 3.05) is 13.2 Å². The van der Waals surface area contributed by atoms with E-state index in [9.17, 15) is 9.59 Å². The molecule has 0 spiro atoms. The summed E-state index contributed by atoms with van der Waals surface area (Å²) in [4.78, 5) is 24.1. The van der Waals surface area contributed by atoms with Gasteiger partial charge in [-0.05, 0) is 36.5 Å². The lowest BCUT2D eigenvalue weighted by atomic mass is 9.87. The van der Waals surface area contributed by atoms with Gasteiger partial charge in [-0.1, -0.05) is 131 Å². The highest BCUT2D eigenvalue weighted by Gasteiger charge is 2.20. The molecule has 0 bridgehead atoms. The van der Waals surface area contributed by atoms with E-state index >= 15 is 0 Å². The number of esters is 2. The number of carbonyl (C=O) groups excluding carboxylic acids is 2. The second kappa shape index (κ2) is 22.0. The smallest absolute Gasteiger partial charge is 0.305 e. The van der Waals surface area contributed by atoms with E-state index in [-0.39, 0.29) is 22.8 Å². The first-order chi connectivity index (χ1) is 17.1. The maximum atomic E-state index is 12.1. The third-order valence-electron chi connectivity index (χ3n) is 7.17. The van der Waals surface area contributed by atoms with Crippen LogP contribution in [0.25, 0.3) is 0 Å². The van der Waals surface area contributed by atoms with E-state index in [0.29, 0.717) is 26.1 Å². The summed E-state index contributed by atoms with van der Waals surface area (Å²) in [6.07, 6.45) is 22.2. The van der Waals surface area contributed by atoms with Gasteiger partial charge in [0.25, 0.3) is 0 Å². The standard InChI is InChI=1S/C32H62O4/c1-7-9-11-17-21-25-31(3,4)27-35-29(33)23-19-15-13-14-16-20-24-30(34)36-28-32(5,6)26-22-18-12-10-8-2/h7-28H2,1-6H3. The zero-order valence-corrected chi connectivity index (χ0v) is 25.2. The molecule has 0 heterocycles. The maximum absolute atomic E-state index is 12.1. The number of hydrogen-bond acceptors (Lipinski definition) is 4. The molecule has 0 aromatic heterocycles. The molecular weight excluding hydrogens is 448 g/mol. The Morgan fingerprint density at radius 1 is 0.472 bits per heavy atom. The predicted octanol–water partition coefficient (Wildman–Crippen LogP) is 9.97. The third-order valence-corrected chi connectivity index (χ3v) is 7.17. The van der Waals surface area contributed by atoms with Crippen LogP contribution in [0.4, 0.5) is 0 Å². The Labute approximate surface area is 225 Å². The molecular formula is C32H62O4. The molecule has 0 saturated carbocycles. The first-order valence-electron chi connectivity index (χ1n) is 15.4. The summed E-state index contributed by atoms with van der Waals surface area (Å²) in [7, 11) is 0. The van der Waals surface area contributed by atoms with Gasteiger partial charge in [0.05, 0.1) is 13.2 Å². The average molecular weight is 511 g/mol. The van der Waals surface area contributed by atoms with E-state index in [0.717, 1.165) is 51.4 Å². The van der Waals surface area contributed by atoms with Gasteiger partial charge in [0.1, 0.15) is 0 Å². The highest BCUT2D eigenvalue weighted by atomic mass is 16.5. The molecule has 0 aliphatic carbocycles. The summed E-state index contributed by atoms with van der Waals surface area (Å²) >= 11 is 0. The second-order valence-electron chi connectivity index (χ2n) is 12.6. The van der Waals surface area contributed by atoms with E-state index < -0.39 is 0 Å². The first-order valence-corrected chi connectivity index (χ1v) is 15.4.